The van der Waals surface area contributed by atoms with Crippen molar-refractivity contribution in [3.05, 3.63) is 59.8 Å². The molecule has 4 rings (SSSR count). The number of aromatic nitrogens is 5. The first kappa shape index (κ1) is 17.6. The number of piperidine rings is 1. The normalized spacial score (nSPS) is 17.8. The number of hydrogen-bond donors (Lipinski definition) is 1. The van der Waals surface area contributed by atoms with Gasteiger partial charge in [0.2, 0.25) is 5.95 Å². The summed E-state index contributed by atoms with van der Waals surface area (Å²) in [6, 6.07) is 5.99. The molecule has 4 heterocycles. The Bertz CT molecular complexity index is 905. The Labute approximate surface area is 159 Å². The number of rotatable bonds is 5. The average Bonchev–Trinajstić information content (AvgIpc) is 3.09. The van der Waals surface area contributed by atoms with Gasteiger partial charge in [-0.3, -0.25) is 9.58 Å². The highest BCUT2D eigenvalue weighted by atomic mass is 15.2. The van der Waals surface area contributed by atoms with E-state index in [2.05, 4.69) is 31.5 Å². The van der Waals surface area contributed by atoms with Gasteiger partial charge in [-0.2, -0.15) is 5.10 Å². The van der Waals surface area contributed by atoms with Crippen LogP contribution in [-0.2, 0) is 13.6 Å². The van der Waals surface area contributed by atoms with E-state index >= 15 is 0 Å². The summed E-state index contributed by atoms with van der Waals surface area (Å²) in [7, 11) is 1.96. The average molecular weight is 363 g/mol. The number of pyridine rings is 1. The van der Waals surface area contributed by atoms with Crippen LogP contribution in [-0.4, -0.2) is 42.7 Å². The molecule has 1 aliphatic heterocycles. The summed E-state index contributed by atoms with van der Waals surface area (Å²) in [6.07, 6.45) is 9.98. The number of nitrogens with one attached hydrogen (secondary N) is 1. The fraction of sp³-hybridized carbons (Fsp3) is 0.400. The van der Waals surface area contributed by atoms with E-state index < -0.39 is 0 Å². The third-order valence-corrected chi connectivity index (χ3v) is 5.01. The zero-order valence-electron chi connectivity index (χ0n) is 15.8. The highest BCUT2D eigenvalue weighted by Crippen LogP contribution is 2.27. The summed E-state index contributed by atoms with van der Waals surface area (Å²) in [6.45, 7) is 5.09. The van der Waals surface area contributed by atoms with Crippen LogP contribution in [0.3, 0.4) is 0 Å². The maximum atomic E-state index is 4.77. The van der Waals surface area contributed by atoms with Crippen LogP contribution in [0.5, 0.6) is 0 Å². The van der Waals surface area contributed by atoms with Crippen molar-refractivity contribution in [1.29, 1.82) is 0 Å². The monoisotopic (exact) mass is 363 g/mol. The SMILES string of the molecule is Cc1cccnc1Nc1nccc(C2CCCN(Cc3cnn(C)c3)C2)n1. The number of aryl methyl sites for hydroxylation is 2. The van der Waals surface area contributed by atoms with Crippen LogP contribution in [0.15, 0.2) is 43.0 Å². The molecule has 1 atom stereocenters. The topological polar surface area (TPSA) is 71.8 Å². The van der Waals surface area contributed by atoms with Crippen molar-refractivity contribution >= 4 is 11.8 Å². The Morgan fingerprint density at radius 1 is 1.22 bits per heavy atom. The molecule has 27 heavy (non-hydrogen) atoms. The van der Waals surface area contributed by atoms with E-state index in [1.807, 2.05) is 49.2 Å². The lowest BCUT2D eigenvalue weighted by atomic mass is 9.94. The molecule has 1 aliphatic rings. The van der Waals surface area contributed by atoms with Crippen molar-refractivity contribution in [1.82, 2.24) is 29.6 Å². The molecule has 0 bridgehead atoms. The summed E-state index contributed by atoms with van der Waals surface area (Å²) in [4.78, 5) is 16.0. The number of likely N-dealkylation sites (tertiary alicyclic amines) is 1. The molecule has 7 nitrogen and oxygen atoms in total. The second-order valence-corrected chi connectivity index (χ2v) is 7.20. The van der Waals surface area contributed by atoms with Gasteiger partial charge in [-0.25, -0.2) is 15.0 Å². The van der Waals surface area contributed by atoms with Crippen molar-refractivity contribution in [3.63, 3.8) is 0 Å². The third-order valence-electron chi connectivity index (χ3n) is 5.01. The van der Waals surface area contributed by atoms with Gasteiger partial charge in [-0.1, -0.05) is 6.07 Å². The summed E-state index contributed by atoms with van der Waals surface area (Å²) < 4.78 is 1.86. The van der Waals surface area contributed by atoms with E-state index in [1.54, 1.807) is 6.20 Å². The molecule has 1 unspecified atom stereocenters. The van der Waals surface area contributed by atoms with Gasteiger partial charge < -0.3 is 5.32 Å². The number of anilines is 2. The van der Waals surface area contributed by atoms with Crippen molar-refractivity contribution in [2.75, 3.05) is 18.4 Å². The molecular formula is C20H25N7. The first-order valence-corrected chi connectivity index (χ1v) is 9.39. The second kappa shape index (κ2) is 7.84. The lowest BCUT2D eigenvalue weighted by Crippen LogP contribution is -2.34. The van der Waals surface area contributed by atoms with Gasteiger partial charge in [-0.15, -0.1) is 0 Å². The smallest absolute Gasteiger partial charge is 0.228 e. The molecule has 3 aromatic heterocycles. The van der Waals surface area contributed by atoms with E-state index in [-0.39, 0.29) is 0 Å². The lowest BCUT2D eigenvalue weighted by molar-refractivity contribution is 0.198. The van der Waals surface area contributed by atoms with Gasteiger partial charge in [0.1, 0.15) is 5.82 Å². The molecule has 0 spiro atoms. The maximum absolute atomic E-state index is 4.77. The van der Waals surface area contributed by atoms with Crippen LogP contribution in [0.1, 0.15) is 35.6 Å². The molecule has 0 aliphatic carbocycles. The Morgan fingerprint density at radius 3 is 2.96 bits per heavy atom. The van der Waals surface area contributed by atoms with Crippen molar-refractivity contribution in [2.45, 2.75) is 32.2 Å². The molecular weight excluding hydrogens is 338 g/mol. The van der Waals surface area contributed by atoms with Crippen molar-refractivity contribution in [2.24, 2.45) is 7.05 Å². The maximum Gasteiger partial charge on any atom is 0.228 e. The second-order valence-electron chi connectivity index (χ2n) is 7.20. The van der Waals surface area contributed by atoms with Gasteiger partial charge in [0.05, 0.1) is 11.9 Å². The highest BCUT2D eigenvalue weighted by molar-refractivity contribution is 5.52. The van der Waals surface area contributed by atoms with Crippen molar-refractivity contribution in [3.8, 4) is 0 Å². The van der Waals surface area contributed by atoms with Gasteiger partial charge in [0.15, 0.2) is 0 Å². The molecule has 0 radical (unpaired) electrons. The fourth-order valence-corrected chi connectivity index (χ4v) is 3.63. The van der Waals surface area contributed by atoms with E-state index in [1.165, 1.54) is 12.0 Å². The van der Waals surface area contributed by atoms with Gasteiger partial charge >= 0.3 is 0 Å². The minimum Gasteiger partial charge on any atom is -0.309 e. The van der Waals surface area contributed by atoms with Gasteiger partial charge in [-0.05, 0) is 44.0 Å². The standard InChI is InChI=1S/C20H25N7/c1-15-5-3-8-21-19(15)25-20-22-9-7-18(24-20)17-6-4-10-27(14-17)13-16-11-23-26(2)12-16/h3,5,7-9,11-12,17H,4,6,10,13-14H2,1-2H3,(H,21,22,24,25). The third kappa shape index (κ3) is 4.31. The molecule has 0 aromatic carbocycles. The summed E-state index contributed by atoms with van der Waals surface area (Å²) in [5.41, 5.74) is 3.43. The molecule has 1 N–H and O–H groups in total. The Kier molecular flexibility index (Phi) is 5.11. The minimum atomic E-state index is 0.420. The largest absolute Gasteiger partial charge is 0.309 e. The highest BCUT2D eigenvalue weighted by Gasteiger charge is 2.23. The summed E-state index contributed by atoms with van der Waals surface area (Å²) >= 11 is 0. The predicted molar refractivity (Wildman–Crippen MR) is 105 cm³/mol. The Balaban J connectivity index is 1.45. The van der Waals surface area contributed by atoms with Gasteiger partial charge in [0, 0.05) is 50.2 Å². The zero-order valence-corrected chi connectivity index (χ0v) is 15.8. The molecule has 3 aromatic rings. The molecule has 140 valence electrons. The summed E-state index contributed by atoms with van der Waals surface area (Å²) in [5, 5.41) is 7.52. The first-order valence-electron chi connectivity index (χ1n) is 9.39. The zero-order chi connectivity index (χ0) is 18.6. The Morgan fingerprint density at radius 2 is 2.15 bits per heavy atom. The van der Waals surface area contributed by atoms with Crippen LogP contribution in [0.4, 0.5) is 11.8 Å². The predicted octanol–water partition coefficient (Wildman–Crippen LogP) is 3.04. The first-order chi connectivity index (χ1) is 13.2. The molecule has 1 saturated heterocycles. The number of nitrogens with zero attached hydrogens (tertiary/aromatic N) is 6. The van der Waals surface area contributed by atoms with E-state index in [0.717, 1.165) is 43.1 Å². The molecule has 7 heteroatoms. The van der Waals surface area contributed by atoms with Crippen molar-refractivity contribution < 1.29 is 0 Å². The minimum absolute atomic E-state index is 0.420. The van der Waals surface area contributed by atoms with Crippen LogP contribution in [0.2, 0.25) is 0 Å². The Hall–Kier alpha value is -2.80. The fourth-order valence-electron chi connectivity index (χ4n) is 3.63. The van der Waals surface area contributed by atoms with Crippen LogP contribution < -0.4 is 5.32 Å². The number of hydrogen-bond acceptors (Lipinski definition) is 6. The van der Waals surface area contributed by atoms with Crippen LogP contribution in [0.25, 0.3) is 0 Å². The van der Waals surface area contributed by atoms with Gasteiger partial charge in [0.25, 0.3) is 0 Å². The van der Waals surface area contributed by atoms with E-state index in [0.29, 0.717) is 11.9 Å². The quantitative estimate of drug-likeness (QED) is 0.751. The van der Waals surface area contributed by atoms with E-state index in [9.17, 15) is 0 Å². The molecule has 1 fully saturated rings. The van der Waals surface area contributed by atoms with Crippen LogP contribution >= 0.6 is 0 Å². The molecule has 0 saturated carbocycles. The molecule has 0 amide bonds. The van der Waals surface area contributed by atoms with Crippen LogP contribution in [0, 0.1) is 6.92 Å². The van der Waals surface area contributed by atoms with E-state index in [4.69, 9.17) is 4.98 Å². The lowest BCUT2D eigenvalue weighted by Gasteiger charge is -2.32. The summed E-state index contributed by atoms with van der Waals surface area (Å²) in [5.74, 6) is 1.83.